The highest BCUT2D eigenvalue weighted by Crippen LogP contribution is 2.24. The molecule has 4 rings (SSSR count). The van der Waals surface area contributed by atoms with Crippen molar-refractivity contribution in [1.29, 1.82) is 0 Å². The van der Waals surface area contributed by atoms with E-state index in [-0.39, 0.29) is 12.5 Å². The number of carbonyl (C=O) groups excluding carboxylic acids is 1. The summed E-state index contributed by atoms with van der Waals surface area (Å²) in [6.45, 7) is 9.30. The van der Waals surface area contributed by atoms with E-state index in [1.165, 1.54) is 38.5 Å². The fourth-order valence-electron chi connectivity index (χ4n) is 4.93. The Morgan fingerprint density at radius 3 is 2.54 bits per heavy atom. The largest absolute Gasteiger partial charge is 0.340 e. The lowest BCUT2D eigenvalue weighted by Gasteiger charge is -2.29. The Labute approximate surface area is 168 Å². The molecule has 1 amide bonds. The molecule has 0 atom stereocenters. The lowest BCUT2D eigenvalue weighted by atomic mass is 9.99. The Balaban J connectivity index is 1.29. The van der Waals surface area contributed by atoms with E-state index in [2.05, 4.69) is 32.2 Å². The molecule has 0 bridgehead atoms. The van der Waals surface area contributed by atoms with Gasteiger partial charge in [-0.1, -0.05) is 19.8 Å². The minimum absolute atomic E-state index is 0.147. The summed E-state index contributed by atoms with van der Waals surface area (Å²) < 4.78 is 1.71. The van der Waals surface area contributed by atoms with Crippen molar-refractivity contribution in [2.45, 2.75) is 71.0 Å². The molecule has 0 N–H and O–H groups in total. The van der Waals surface area contributed by atoms with E-state index >= 15 is 0 Å². The van der Waals surface area contributed by atoms with Crippen molar-refractivity contribution in [2.75, 3.05) is 39.3 Å². The molecular weight excluding hydrogens is 354 g/mol. The molecule has 0 unspecified atom stereocenters. The lowest BCUT2D eigenvalue weighted by molar-refractivity contribution is -0.132. The highest BCUT2D eigenvalue weighted by molar-refractivity contribution is 5.76. The number of aromatic nitrogens is 4. The molecule has 3 aliphatic rings. The fraction of sp³-hybridized carbons (Fsp3) is 0.900. The molecule has 0 spiro atoms. The number of amides is 1. The Bertz CT molecular complexity index is 634. The van der Waals surface area contributed by atoms with Gasteiger partial charge in [-0.05, 0) is 61.5 Å². The molecule has 2 saturated heterocycles. The molecule has 0 radical (unpaired) electrons. The maximum Gasteiger partial charge on any atom is 0.244 e. The minimum atomic E-state index is 0.147. The molecule has 1 aromatic heterocycles. The second-order valence-corrected chi connectivity index (χ2v) is 8.92. The van der Waals surface area contributed by atoms with Gasteiger partial charge in [-0.3, -0.25) is 14.6 Å². The van der Waals surface area contributed by atoms with E-state index in [9.17, 15) is 4.79 Å². The Morgan fingerprint density at radius 1 is 0.964 bits per heavy atom. The topological polar surface area (TPSA) is 70.4 Å². The number of piperidine rings is 1. The number of hydrogen-bond donors (Lipinski definition) is 0. The zero-order valence-corrected chi connectivity index (χ0v) is 17.3. The minimum Gasteiger partial charge on any atom is -0.340 e. The van der Waals surface area contributed by atoms with Crippen molar-refractivity contribution < 1.29 is 4.79 Å². The summed E-state index contributed by atoms with van der Waals surface area (Å²) in [5, 5.41) is 12.1. The summed E-state index contributed by atoms with van der Waals surface area (Å²) in [5.74, 6) is 1.76. The van der Waals surface area contributed by atoms with Gasteiger partial charge in [-0.2, -0.15) is 0 Å². The quantitative estimate of drug-likeness (QED) is 0.758. The molecule has 8 heteroatoms. The van der Waals surface area contributed by atoms with Gasteiger partial charge < -0.3 is 4.90 Å². The second kappa shape index (κ2) is 9.31. The van der Waals surface area contributed by atoms with Crippen LogP contribution in [0.15, 0.2) is 0 Å². The molecule has 3 heterocycles. The van der Waals surface area contributed by atoms with Crippen molar-refractivity contribution in [3.8, 4) is 0 Å². The van der Waals surface area contributed by atoms with Gasteiger partial charge >= 0.3 is 0 Å². The van der Waals surface area contributed by atoms with Gasteiger partial charge in [0, 0.05) is 32.2 Å². The van der Waals surface area contributed by atoms with Crippen molar-refractivity contribution in [2.24, 2.45) is 5.92 Å². The highest BCUT2D eigenvalue weighted by Gasteiger charge is 2.27. The number of nitrogens with zero attached hydrogens (tertiary/aromatic N) is 7. The second-order valence-electron chi connectivity index (χ2n) is 8.92. The summed E-state index contributed by atoms with van der Waals surface area (Å²) in [5.41, 5.74) is 0. The Kier molecular flexibility index (Phi) is 6.57. The van der Waals surface area contributed by atoms with Gasteiger partial charge in [-0.15, -0.1) is 5.10 Å². The lowest BCUT2D eigenvalue weighted by Crippen LogP contribution is -2.40. The first kappa shape index (κ1) is 19.8. The van der Waals surface area contributed by atoms with Crippen LogP contribution in [0.4, 0.5) is 0 Å². The highest BCUT2D eigenvalue weighted by atomic mass is 16.2. The molecule has 3 fully saturated rings. The summed E-state index contributed by atoms with van der Waals surface area (Å²) >= 11 is 0. The van der Waals surface area contributed by atoms with Crippen molar-refractivity contribution in [1.82, 2.24) is 34.9 Å². The van der Waals surface area contributed by atoms with Crippen LogP contribution in [-0.2, 0) is 17.9 Å². The number of rotatable bonds is 5. The molecule has 28 heavy (non-hydrogen) atoms. The molecule has 156 valence electrons. The normalized spacial score (nSPS) is 24.0. The van der Waals surface area contributed by atoms with Crippen LogP contribution in [0.5, 0.6) is 0 Å². The van der Waals surface area contributed by atoms with Gasteiger partial charge in [0.15, 0.2) is 5.82 Å². The Hall–Kier alpha value is -1.54. The summed E-state index contributed by atoms with van der Waals surface area (Å²) in [4.78, 5) is 19.9. The van der Waals surface area contributed by atoms with Crippen LogP contribution in [0, 0.1) is 5.92 Å². The molecule has 1 aromatic rings. The predicted octanol–water partition coefficient (Wildman–Crippen LogP) is 1.38. The average molecular weight is 390 g/mol. The van der Waals surface area contributed by atoms with E-state index in [4.69, 9.17) is 0 Å². The number of tetrazole rings is 1. The van der Waals surface area contributed by atoms with Crippen LogP contribution in [0.3, 0.4) is 0 Å². The van der Waals surface area contributed by atoms with Crippen LogP contribution in [-0.4, -0.2) is 86.1 Å². The summed E-state index contributed by atoms with van der Waals surface area (Å²) in [7, 11) is 0. The molecule has 0 aromatic carbocycles. The predicted molar refractivity (Wildman–Crippen MR) is 107 cm³/mol. The number of carbonyl (C=O) groups is 1. The molecular formula is C20H35N7O. The molecule has 2 aliphatic heterocycles. The van der Waals surface area contributed by atoms with Gasteiger partial charge in [0.05, 0.1) is 6.54 Å². The van der Waals surface area contributed by atoms with E-state index in [0.29, 0.717) is 0 Å². The number of likely N-dealkylation sites (tertiary alicyclic amines) is 1. The number of hydrogen-bond acceptors (Lipinski definition) is 6. The van der Waals surface area contributed by atoms with Crippen LogP contribution in [0.1, 0.15) is 57.7 Å². The summed E-state index contributed by atoms with van der Waals surface area (Å²) in [6.07, 6.45) is 8.91. The first-order valence-corrected chi connectivity index (χ1v) is 11.2. The van der Waals surface area contributed by atoms with E-state index in [0.717, 1.165) is 70.0 Å². The van der Waals surface area contributed by atoms with Crippen LogP contribution in [0.25, 0.3) is 0 Å². The third-order valence-electron chi connectivity index (χ3n) is 6.86. The SMILES string of the molecule is CC1CCN(Cc2nnnn2CC(=O)N2CCCN(C3CCCC3)CC2)CC1. The molecule has 1 aliphatic carbocycles. The van der Waals surface area contributed by atoms with Crippen LogP contribution >= 0.6 is 0 Å². The molecule has 1 saturated carbocycles. The van der Waals surface area contributed by atoms with Crippen molar-refractivity contribution in [3.63, 3.8) is 0 Å². The van der Waals surface area contributed by atoms with E-state index in [1.807, 2.05) is 4.90 Å². The van der Waals surface area contributed by atoms with Gasteiger partial charge in [0.25, 0.3) is 0 Å². The Morgan fingerprint density at radius 2 is 1.75 bits per heavy atom. The fourth-order valence-corrected chi connectivity index (χ4v) is 4.93. The van der Waals surface area contributed by atoms with E-state index < -0.39 is 0 Å². The first-order valence-electron chi connectivity index (χ1n) is 11.2. The van der Waals surface area contributed by atoms with Crippen LogP contribution < -0.4 is 0 Å². The van der Waals surface area contributed by atoms with Crippen LogP contribution in [0.2, 0.25) is 0 Å². The third-order valence-corrected chi connectivity index (χ3v) is 6.86. The maximum atomic E-state index is 12.9. The van der Waals surface area contributed by atoms with E-state index in [1.54, 1.807) is 4.68 Å². The summed E-state index contributed by atoms with van der Waals surface area (Å²) in [6, 6.07) is 0.744. The standard InChI is InChI=1S/C20H35N7O/c1-17-7-11-24(12-8-17)15-19-21-22-23-27(19)16-20(28)26-10-4-9-25(13-14-26)18-5-2-3-6-18/h17-18H,2-16H2,1H3. The third kappa shape index (κ3) is 4.89. The molecule has 8 nitrogen and oxygen atoms in total. The first-order chi connectivity index (χ1) is 13.7. The van der Waals surface area contributed by atoms with Crippen molar-refractivity contribution in [3.05, 3.63) is 5.82 Å². The zero-order valence-electron chi connectivity index (χ0n) is 17.3. The van der Waals surface area contributed by atoms with Gasteiger partial charge in [0.1, 0.15) is 6.54 Å². The average Bonchev–Trinajstić information content (AvgIpc) is 3.31. The van der Waals surface area contributed by atoms with Crippen molar-refractivity contribution >= 4 is 5.91 Å². The smallest absolute Gasteiger partial charge is 0.244 e. The zero-order chi connectivity index (χ0) is 19.3. The van der Waals surface area contributed by atoms with Gasteiger partial charge in [0.2, 0.25) is 5.91 Å². The maximum absolute atomic E-state index is 12.9. The van der Waals surface area contributed by atoms with Gasteiger partial charge in [-0.25, -0.2) is 4.68 Å². The monoisotopic (exact) mass is 389 g/mol.